The average Bonchev–Trinajstić information content (AvgIpc) is 2.48. The number of nitrogens with zero attached hydrogens (tertiary/aromatic N) is 3. The van der Waals surface area contributed by atoms with Gasteiger partial charge in [-0.25, -0.2) is 9.97 Å². The van der Waals surface area contributed by atoms with E-state index in [1.54, 1.807) is 0 Å². The molecule has 0 saturated carbocycles. The summed E-state index contributed by atoms with van der Waals surface area (Å²) in [6.07, 6.45) is 0. The van der Waals surface area contributed by atoms with Crippen molar-refractivity contribution in [3.63, 3.8) is 0 Å². The molecule has 0 amide bonds. The molecule has 1 aliphatic heterocycles. The number of hydrogen-bond donors (Lipinski definition) is 1. The summed E-state index contributed by atoms with van der Waals surface area (Å²) in [6.45, 7) is 6.04. The monoisotopic (exact) mass is 332 g/mol. The molecular weight excluding hydrogens is 316 g/mol. The summed E-state index contributed by atoms with van der Waals surface area (Å²) in [5.74, 6) is 1.82. The minimum Gasteiger partial charge on any atom is -0.354 e. The van der Waals surface area contributed by atoms with E-state index in [4.69, 9.17) is 4.98 Å². The van der Waals surface area contributed by atoms with Crippen molar-refractivity contribution in [2.75, 3.05) is 31.1 Å². The van der Waals surface area contributed by atoms with Crippen molar-refractivity contribution in [2.45, 2.75) is 6.92 Å². The first kappa shape index (κ1) is 13.5. The second-order valence-corrected chi connectivity index (χ2v) is 5.85. The molecule has 1 aromatic heterocycles. The molecule has 0 unspecified atom stereocenters. The van der Waals surface area contributed by atoms with Gasteiger partial charge in [-0.3, -0.25) is 0 Å². The quantitative estimate of drug-likeness (QED) is 0.917. The largest absolute Gasteiger partial charge is 0.354 e. The number of aromatic nitrogens is 2. The van der Waals surface area contributed by atoms with Crippen LogP contribution in [0.2, 0.25) is 0 Å². The van der Waals surface area contributed by atoms with Gasteiger partial charge in [0.25, 0.3) is 0 Å². The maximum Gasteiger partial charge on any atom is 0.161 e. The van der Waals surface area contributed by atoms with Crippen LogP contribution in [0, 0.1) is 6.92 Å². The Morgan fingerprint density at radius 3 is 2.50 bits per heavy atom. The van der Waals surface area contributed by atoms with Crippen LogP contribution in [0.5, 0.6) is 0 Å². The summed E-state index contributed by atoms with van der Waals surface area (Å²) in [5.41, 5.74) is 2.06. The molecule has 20 heavy (non-hydrogen) atoms. The molecule has 1 aromatic carbocycles. The Balaban J connectivity index is 1.95. The normalized spacial score (nSPS) is 15.4. The first-order valence-corrected chi connectivity index (χ1v) is 7.59. The third kappa shape index (κ3) is 2.99. The van der Waals surface area contributed by atoms with E-state index < -0.39 is 0 Å². The minimum atomic E-state index is 0.797. The van der Waals surface area contributed by atoms with Crippen LogP contribution in [0.15, 0.2) is 34.8 Å². The zero-order valence-electron chi connectivity index (χ0n) is 11.4. The van der Waals surface area contributed by atoms with Crippen molar-refractivity contribution in [3.05, 3.63) is 40.5 Å². The second kappa shape index (κ2) is 5.89. The van der Waals surface area contributed by atoms with Crippen LogP contribution in [0.1, 0.15) is 5.69 Å². The van der Waals surface area contributed by atoms with Gasteiger partial charge in [-0.05, 0) is 19.1 Å². The van der Waals surface area contributed by atoms with Crippen LogP contribution in [-0.4, -0.2) is 36.1 Å². The van der Waals surface area contributed by atoms with E-state index >= 15 is 0 Å². The lowest BCUT2D eigenvalue weighted by atomic mass is 10.2. The zero-order valence-corrected chi connectivity index (χ0v) is 13.0. The van der Waals surface area contributed by atoms with E-state index in [9.17, 15) is 0 Å². The predicted molar refractivity (Wildman–Crippen MR) is 85.0 cm³/mol. The van der Waals surface area contributed by atoms with Crippen LogP contribution in [0.3, 0.4) is 0 Å². The summed E-state index contributed by atoms with van der Waals surface area (Å²) in [4.78, 5) is 11.6. The third-order valence-electron chi connectivity index (χ3n) is 3.38. The van der Waals surface area contributed by atoms with Gasteiger partial charge in [-0.1, -0.05) is 28.1 Å². The van der Waals surface area contributed by atoms with E-state index in [0.717, 1.165) is 53.6 Å². The van der Waals surface area contributed by atoms with Gasteiger partial charge in [0.05, 0.1) is 0 Å². The van der Waals surface area contributed by atoms with Gasteiger partial charge in [0.1, 0.15) is 5.82 Å². The number of benzene rings is 1. The highest BCUT2D eigenvalue weighted by Gasteiger charge is 2.14. The Bertz CT molecular complexity index is 591. The molecular formula is C15H17BrN4. The molecule has 2 aromatic rings. The number of hydrogen-bond acceptors (Lipinski definition) is 4. The van der Waals surface area contributed by atoms with E-state index in [1.165, 1.54) is 0 Å². The summed E-state index contributed by atoms with van der Waals surface area (Å²) in [5, 5.41) is 3.36. The van der Waals surface area contributed by atoms with E-state index in [0.29, 0.717) is 0 Å². The molecule has 0 spiro atoms. The lowest BCUT2D eigenvalue weighted by molar-refractivity contribution is 0.584. The molecule has 1 saturated heterocycles. The molecule has 0 radical (unpaired) electrons. The van der Waals surface area contributed by atoms with E-state index in [1.807, 2.05) is 31.2 Å². The fourth-order valence-corrected chi connectivity index (χ4v) is 2.60. The van der Waals surface area contributed by atoms with E-state index in [-0.39, 0.29) is 0 Å². The molecule has 2 heterocycles. The van der Waals surface area contributed by atoms with Crippen molar-refractivity contribution < 1.29 is 0 Å². The standard InChI is InChI=1S/C15H17BrN4/c1-11-10-14(20-8-6-17-7-9-20)19-15(18-11)12-2-4-13(16)5-3-12/h2-5,10,17H,6-9H2,1H3. The summed E-state index contributed by atoms with van der Waals surface area (Å²) >= 11 is 3.45. The van der Waals surface area contributed by atoms with E-state index in [2.05, 4.69) is 37.2 Å². The number of anilines is 1. The number of aryl methyl sites for hydroxylation is 1. The summed E-state index contributed by atoms with van der Waals surface area (Å²) in [6, 6.07) is 10.2. The molecule has 1 fully saturated rings. The number of rotatable bonds is 2. The number of halogens is 1. The first-order valence-electron chi connectivity index (χ1n) is 6.80. The van der Waals surface area contributed by atoms with Crippen LogP contribution in [-0.2, 0) is 0 Å². The fourth-order valence-electron chi connectivity index (χ4n) is 2.34. The number of piperazine rings is 1. The molecule has 104 valence electrons. The maximum absolute atomic E-state index is 4.73. The van der Waals surface area contributed by atoms with Gasteiger partial charge in [-0.2, -0.15) is 0 Å². The summed E-state index contributed by atoms with van der Waals surface area (Å²) in [7, 11) is 0. The maximum atomic E-state index is 4.73. The van der Waals surface area contributed by atoms with Crippen molar-refractivity contribution in [1.29, 1.82) is 0 Å². The molecule has 3 rings (SSSR count). The second-order valence-electron chi connectivity index (χ2n) is 4.94. The third-order valence-corrected chi connectivity index (χ3v) is 3.91. The molecule has 0 aliphatic carbocycles. The first-order chi connectivity index (χ1) is 9.72. The van der Waals surface area contributed by atoms with Gasteiger partial charge in [0, 0.05) is 48.0 Å². The molecule has 1 aliphatic rings. The predicted octanol–water partition coefficient (Wildman–Crippen LogP) is 2.62. The zero-order chi connectivity index (χ0) is 13.9. The molecule has 1 N–H and O–H groups in total. The van der Waals surface area contributed by atoms with Crippen LogP contribution in [0.25, 0.3) is 11.4 Å². The molecule has 0 atom stereocenters. The van der Waals surface area contributed by atoms with Gasteiger partial charge >= 0.3 is 0 Å². The fraction of sp³-hybridized carbons (Fsp3) is 0.333. The minimum absolute atomic E-state index is 0.797. The van der Waals surface area contributed by atoms with Crippen molar-refractivity contribution >= 4 is 21.7 Å². The average molecular weight is 333 g/mol. The lowest BCUT2D eigenvalue weighted by Gasteiger charge is -2.28. The van der Waals surface area contributed by atoms with Gasteiger partial charge in [-0.15, -0.1) is 0 Å². The van der Waals surface area contributed by atoms with Gasteiger partial charge < -0.3 is 10.2 Å². The Morgan fingerprint density at radius 2 is 1.80 bits per heavy atom. The molecule has 4 nitrogen and oxygen atoms in total. The summed E-state index contributed by atoms with van der Waals surface area (Å²) < 4.78 is 1.07. The number of nitrogens with one attached hydrogen (secondary N) is 1. The van der Waals surface area contributed by atoms with Crippen molar-refractivity contribution in [1.82, 2.24) is 15.3 Å². The Labute approximate surface area is 127 Å². The van der Waals surface area contributed by atoms with Crippen molar-refractivity contribution in [3.8, 4) is 11.4 Å². The highest BCUT2D eigenvalue weighted by Crippen LogP contribution is 2.22. The van der Waals surface area contributed by atoms with Gasteiger partial charge in [0.15, 0.2) is 5.82 Å². The van der Waals surface area contributed by atoms with Gasteiger partial charge in [0.2, 0.25) is 0 Å². The van der Waals surface area contributed by atoms with Crippen LogP contribution >= 0.6 is 15.9 Å². The topological polar surface area (TPSA) is 41.0 Å². The molecule has 0 bridgehead atoms. The SMILES string of the molecule is Cc1cc(N2CCNCC2)nc(-c2ccc(Br)cc2)n1. The van der Waals surface area contributed by atoms with Crippen molar-refractivity contribution in [2.24, 2.45) is 0 Å². The lowest BCUT2D eigenvalue weighted by Crippen LogP contribution is -2.44. The smallest absolute Gasteiger partial charge is 0.161 e. The highest BCUT2D eigenvalue weighted by molar-refractivity contribution is 9.10. The molecule has 5 heteroatoms. The highest BCUT2D eigenvalue weighted by atomic mass is 79.9. The Kier molecular flexibility index (Phi) is 3.98. The Morgan fingerprint density at radius 1 is 1.10 bits per heavy atom. The Hall–Kier alpha value is -1.46. The van der Waals surface area contributed by atoms with Crippen LogP contribution < -0.4 is 10.2 Å². The van der Waals surface area contributed by atoms with Crippen LogP contribution in [0.4, 0.5) is 5.82 Å².